The SMILES string of the molecule is C1=CC23[C@H]4CCC[C@@H]2C43CCCC=1c1ccccc1. The van der Waals surface area contributed by atoms with Gasteiger partial charge in [0, 0.05) is 11.0 Å². The maximum Gasteiger partial charge on any atom is 0.00878 e. The van der Waals surface area contributed by atoms with Gasteiger partial charge in [0.05, 0.1) is 0 Å². The molecule has 0 aromatic heterocycles. The Morgan fingerprint density at radius 2 is 1.79 bits per heavy atom. The van der Waals surface area contributed by atoms with Gasteiger partial charge in [-0.1, -0.05) is 36.8 Å². The Labute approximate surface area is 115 Å². The van der Waals surface area contributed by atoms with Gasteiger partial charge in [-0.05, 0) is 61.0 Å². The van der Waals surface area contributed by atoms with E-state index < -0.39 is 0 Å². The van der Waals surface area contributed by atoms with Crippen LogP contribution in [0, 0.1) is 22.7 Å². The van der Waals surface area contributed by atoms with Gasteiger partial charge < -0.3 is 0 Å². The third-order valence-electron chi connectivity index (χ3n) is 6.65. The summed E-state index contributed by atoms with van der Waals surface area (Å²) in [6.07, 6.45) is 11.1. The second-order valence-corrected chi connectivity index (χ2v) is 7.00. The maximum absolute atomic E-state index is 3.73. The van der Waals surface area contributed by atoms with Gasteiger partial charge in [-0.15, -0.1) is 5.73 Å². The van der Waals surface area contributed by atoms with E-state index in [1.54, 1.807) is 0 Å². The Hall–Kier alpha value is -1.26. The molecular formula is C19H20. The molecule has 0 bridgehead atoms. The largest absolute Gasteiger partial charge is 0.120 e. The third-order valence-corrected chi connectivity index (χ3v) is 6.65. The summed E-state index contributed by atoms with van der Waals surface area (Å²) < 4.78 is 0. The van der Waals surface area contributed by atoms with Crippen LogP contribution in [0.4, 0.5) is 0 Å². The number of benzene rings is 1. The Morgan fingerprint density at radius 1 is 1.00 bits per heavy atom. The number of hydrogen-bond acceptors (Lipinski definition) is 0. The molecule has 1 aromatic carbocycles. The van der Waals surface area contributed by atoms with Crippen LogP contribution in [0.1, 0.15) is 44.1 Å². The minimum Gasteiger partial charge on any atom is -0.120 e. The first kappa shape index (κ1) is 10.5. The van der Waals surface area contributed by atoms with Crippen molar-refractivity contribution in [2.24, 2.45) is 22.7 Å². The standard InChI is InChI=1S/C19H20/c1-2-6-14(7-3-1)15-8-5-12-18-16-9-4-10-17(18)19(16,18)13-11-15/h1-3,6-7,13,16-17H,4-5,8-10,12H2/t11?,16-,17+,18?,19?. The molecule has 4 aliphatic carbocycles. The predicted molar refractivity (Wildman–Crippen MR) is 77.5 cm³/mol. The number of rotatable bonds is 1. The van der Waals surface area contributed by atoms with E-state index in [-0.39, 0.29) is 0 Å². The molecule has 0 aliphatic heterocycles. The molecule has 1 spiro atoms. The summed E-state index contributed by atoms with van der Waals surface area (Å²) in [7, 11) is 0. The van der Waals surface area contributed by atoms with Crippen molar-refractivity contribution in [2.45, 2.75) is 38.5 Å². The Morgan fingerprint density at radius 3 is 2.58 bits per heavy atom. The molecule has 96 valence electrons. The molecular weight excluding hydrogens is 228 g/mol. The van der Waals surface area contributed by atoms with Crippen molar-refractivity contribution >= 4 is 5.57 Å². The molecule has 0 heteroatoms. The molecule has 3 fully saturated rings. The third kappa shape index (κ3) is 1.05. The summed E-state index contributed by atoms with van der Waals surface area (Å²) >= 11 is 0. The van der Waals surface area contributed by atoms with E-state index in [9.17, 15) is 0 Å². The Kier molecular flexibility index (Phi) is 1.80. The lowest BCUT2D eigenvalue weighted by Gasteiger charge is -2.26. The van der Waals surface area contributed by atoms with Crippen molar-refractivity contribution in [1.82, 2.24) is 0 Å². The average molecular weight is 248 g/mol. The zero-order valence-electron chi connectivity index (χ0n) is 11.4. The van der Waals surface area contributed by atoms with Crippen molar-refractivity contribution in [3.05, 3.63) is 47.7 Å². The minimum atomic E-state index is 0.631. The molecule has 1 aromatic rings. The van der Waals surface area contributed by atoms with Crippen LogP contribution in [0.15, 0.2) is 42.1 Å². The van der Waals surface area contributed by atoms with Crippen LogP contribution in [0.25, 0.3) is 5.57 Å². The second-order valence-electron chi connectivity index (χ2n) is 7.00. The van der Waals surface area contributed by atoms with Crippen LogP contribution in [0.3, 0.4) is 0 Å². The van der Waals surface area contributed by atoms with Gasteiger partial charge in [0.25, 0.3) is 0 Å². The summed E-state index contributed by atoms with van der Waals surface area (Å²) in [6, 6.07) is 10.9. The molecule has 5 rings (SSSR count). The first-order chi connectivity index (χ1) is 9.39. The van der Waals surface area contributed by atoms with Gasteiger partial charge in [0.2, 0.25) is 0 Å². The van der Waals surface area contributed by atoms with Gasteiger partial charge in [0.15, 0.2) is 0 Å². The van der Waals surface area contributed by atoms with Crippen LogP contribution in [0.2, 0.25) is 0 Å². The van der Waals surface area contributed by atoms with Crippen LogP contribution in [-0.2, 0) is 0 Å². The van der Waals surface area contributed by atoms with Gasteiger partial charge >= 0.3 is 0 Å². The van der Waals surface area contributed by atoms with Gasteiger partial charge in [-0.25, -0.2) is 0 Å². The molecule has 0 heterocycles. The number of hydrogen-bond donors (Lipinski definition) is 0. The van der Waals surface area contributed by atoms with Crippen LogP contribution in [0.5, 0.6) is 0 Å². The topological polar surface area (TPSA) is 0 Å². The Balaban J connectivity index is 1.58. The molecule has 0 saturated heterocycles. The molecule has 0 radical (unpaired) electrons. The van der Waals surface area contributed by atoms with Crippen molar-refractivity contribution in [3.8, 4) is 0 Å². The lowest BCUT2D eigenvalue weighted by atomic mass is 9.78. The van der Waals surface area contributed by atoms with E-state index in [0.29, 0.717) is 5.41 Å². The highest BCUT2D eigenvalue weighted by molar-refractivity contribution is 5.66. The van der Waals surface area contributed by atoms with Crippen LogP contribution in [-0.4, -0.2) is 0 Å². The molecule has 0 N–H and O–H groups in total. The predicted octanol–water partition coefficient (Wildman–Crippen LogP) is 4.83. The molecule has 0 amide bonds. The first-order valence-corrected chi connectivity index (χ1v) is 7.92. The van der Waals surface area contributed by atoms with Gasteiger partial charge in [-0.2, -0.15) is 0 Å². The smallest absolute Gasteiger partial charge is 0.00878 e. The van der Waals surface area contributed by atoms with E-state index >= 15 is 0 Å². The van der Waals surface area contributed by atoms with E-state index in [4.69, 9.17) is 0 Å². The lowest BCUT2D eigenvalue weighted by molar-refractivity contribution is 0.239. The Bertz CT molecular complexity index is 588. The second kappa shape index (κ2) is 3.25. The van der Waals surface area contributed by atoms with Crippen molar-refractivity contribution < 1.29 is 0 Å². The van der Waals surface area contributed by atoms with E-state index in [1.165, 1.54) is 49.7 Å². The molecule has 19 heavy (non-hydrogen) atoms. The summed E-state index contributed by atoms with van der Waals surface area (Å²) in [6.45, 7) is 0. The summed E-state index contributed by atoms with van der Waals surface area (Å²) in [5.41, 5.74) is 7.96. The van der Waals surface area contributed by atoms with Crippen molar-refractivity contribution in [1.29, 1.82) is 0 Å². The molecule has 3 saturated carbocycles. The van der Waals surface area contributed by atoms with Crippen LogP contribution >= 0.6 is 0 Å². The zero-order chi connectivity index (χ0) is 12.5. The minimum absolute atomic E-state index is 0.631. The fraction of sp³-hybridized carbons (Fsp3) is 0.526. The lowest BCUT2D eigenvalue weighted by Crippen LogP contribution is -2.18. The summed E-state index contributed by atoms with van der Waals surface area (Å²) in [4.78, 5) is 0. The number of allylic oxidation sites excluding steroid dienone is 1. The monoisotopic (exact) mass is 248 g/mol. The fourth-order valence-corrected chi connectivity index (χ4v) is 5.91. The zero-order valence-corrected chi connectivity index (χ0v) is 11.4. The first-order valence-electron chi connectivity index (χ1n) is 7.92. The normalized spacial score (nSPS) is 45.4. The highest BCUT2D eigenvalue weighted by Gasteiger charge is 2.95. The van der Waals surface area contributed by atoms with E-state index in [1.807, 2.05) is 0 Å². The molecule has 0 nitrogen and oxygen atoms in total. The highest BCUT2D eigenvalue weighted by Crippen LogP contribution is 2.99. The van der Waals surface area contributed by atoms with Crippen LogP contribution < -0.4 is 0 Å². The van der Waals surface area contributed by atoms with Crippen molar-refractivity contribution in [2.75, 3.05) is 0 Å². The molecule has 2 unspecified atom stereocenters. The quantitative estimate of drug-likeness (QED) is 0.625. The van der Waals surface area contributed by atoms with E-state index in [2.05, 4.69) is 42.1 Å². The van der Waals surface area contributed by atoms with E-state index in [0.717, 1.165) is 17.3 Å². The molecule has 4 atom stereocenters. The summed E-state index contributed by atoms with van der Waals surface area (Å²) in [5.74, 6) is 2.09. The maximum atomic E-state index is 3.73. The fourth-order valence-electron chi connectivity index (χ4n) is 5.91. The van der Waals surface area contributed by atoms with Crippen molar-refractivity contribution in [3.63, 3.8) is 0 Å². The van der Waals surface area contributed by atoms with Gasteiger partial charge in [0.1, 0.15) is 0 Å². The highest BCUT2D eigenvalue weighted by atomic mass is 15.0. The summed E-state index contributed by atoms with van der Waals surface area (Å²) in [5, 5.41) is 0. The molecule has 4 aliphatic rings. The van der Waals surface area contributed by atoms with Gasteiger partial charge in [-0.3, -0.25) is 0 Å². The average Bonchev–Trinajstić information content (AvgIpc) is 3.24.